The molecule has 0 bridgehead atoms. The second-order valence-electron chi connectivity index (χ2n) is 11.1. The Labute approximate surface area is 247 Å². The number of urea groups is 1. The van der Waals surface area contributed by atoms with Crippen LogP contribution in [-0.2, 0) is 4.74 Å². The quantitative estimate of drug-likeness (QED) is 0.306. The maximum atomic E-state index is 15.1. The van der Waals surface area contributed by atoms with E-state index < -0.39 is 67.6 Å². The molecule has 2 fully saturated rings. The Hall–Kier alpha value is -3.89. The minimum absolute atomic E-state index is 0.00401. The molecule has 1 aliphatic carbocycles. The van der Waals surface area contributed by atoms with Gasteiger partial charge >= 0.3 is 12.2 Å². The standard InChI is InChI=1S/C26H31F5N8O4/c1-14-21(37-43-36-14)22(40)35-17(6-7-24(2,3)26(29,30)31)18-10-39-20(34-18)8-15(9-33-39)19(11-42-16-4-5-16)38-13-25(27,28)12-32-23(38)41/h8-10,16-17,19H,4-7,11-13H2,1-3H3,(H,32,41)(H,35,40)/t17-,19+/m0/s1/i12D2,13D2. The van der Waals surface area contributed by atoms with Crippen LogP contribution in [-0.4, -0.2) is 79.6 Å². The number of carbonyl (C=O) groups excluding carboxylic acids is 2. The number of fused-ring (bicyclic) bond motifs is 1. The number of ether oxygens (including phenoxy) is 1. The molecule has 0 radical (unpaired) electrons. The van der Waals surface area contributed by atoms with E-state index in [4.69, 9.17) is 10.2 Å². The molecule has 2 N–H and O–H groups in total. The van der Waals surface area contributed by atoms with Crippen molar-refractivity contribution in [3.05, 3.63) is 41.1 Å². The lowest BCUT2D eigenvalue weighted by molar-refractivity contribution is -0.214. The van der Waals surface area contributed by atoms with Crippen molar-refractivity contribution < 1.29 is 46.4 Å². The number of nitrogens with one attached hydrogen (secondary N) is 2. The van der Waals surface area contributed by atoms with Crippen molar-refractivity contribution in [2.45, 2.75) is 76.7 Å². The third-order valence-corrected chi connectivity index (χ3v) is 7.23. The van der Waals surface area contributed by atoms with Crippen LogP contribution in [0.15, 0.2) is 23.1 Å². The van der Waals surface area contributed by atoms with E-state index in [0.717, 1.165) is 20.0 Å². The number of aryl methyl sites for hydroxylation is 1. The summed E-state index contributed by atoms with van der Waals surface area (Å²) < 4.78 is 114. The average Bonchev–Trinajstić information content (AvgIpc) is 3.52. The SMILES string of the molecule is [2H]C1([2H])NC(=O)N([C@H](COC2CC2)c2cnn3cc([C@H](CCC(C)(C)C(F)(F)F)NC(=O)c4nonc4C)nc3c2)C([2H])([2H])C1(F)F. The summed E-state index contributed by atoms with van der Waals surface area (Å²) in [6.45, 7) is -4.49. The van der Waals surface area contributed by atoms with Gasteiger partial charge in [-0.2, -0.15) is 18.3 Å². The number of alkyl halides is 5. The Balaban J connectivity index is 1.51. The molecule has 2 aliphatic rings. The third-order valence-electron chi connectivity index (χ3n) is 7.23. The minimum atomic E-state index is -4.70. The number of imidazole rings is 1. The molecule has 0 aromatic carbocycles. The van der Waals surface area contributed by atoms with Gasteiger partial charge < -0.3 is 20.3 Å². The fraction of sp³-hybridized carbons (Fsp3) is 0.615. The maximum Gasteiger partial charge on any atom is 0.393 e. The van der Waals surface area contributed by atoms with Crippen LogP contribution >= 0.6 is 0 Å². The fourth-order valence-electron chi connectivity index (χ4n) is 4.29. The summed E-state index contributed by atoms with van der Waals surface area (Å²) in [7, 11) is 0. The van der Waals surface area contributed by atoms with Crippen LogP contribution in [0.25, 0.3) is 5.65 Å². The molecule has 1 saturated carbocycles. The number of hydrogen-bond acceptors (Lipinski definition) is 8. The van der Waals surface area contributed by atoms with Crippen LogP contribution in [0.3, 0.4) is 0 Å². The first kappa shape index (κ1) is 25.6. The van der Waals surface area contributed by atoms with Gasteiger partial charge in [0.05, 0.1) is 66.8 Å². The van der Waals surface area contributed by atoms with Gasteiger partial charge in [0.1, 0.15) is 5.69 Å². The zero-order chi connectivity index (χ0) is 34.7. The number of amides is 3. The molecule has 0 unspecified atom stereocenters. The van der Waals surface area contributed by atoms with Gasteiger partial charge in [0, 0.05) is 5.56 Å². The highest BCUT2D eigenvalue weighted by Crippen LogP contribution is 2.42. The Morgan fingerprint density at radius 2 is 2.07 bits per heavy atom. The molecule has 3 aromatic heterocycles. The molecule has 1 saturated heterocycles. The number of carbonyl (C=O) groups is 2. The molecule has 43 heavy (non-hydrogen) atoms. The molecule has 1 aliphatic heterocycles. The van der Waals surface area contributed by atoms with Crippen molar-refractivity contribution in [1.29, 1.82) is 0 Å². The third kappa shape index (κ3) is 6.86. The summed E-state index contributed by atoms with van der Waals surface area (Å²) in [5.74, 6) is -5.49. The first-order valence-electron chi connectivity index (χ1n) is 15.3. The molecular formula is C26H31F5N8O4. The zero-order valence-corrected chi connectivity index (χ0v) is 23.2. The predicted molar refractivity (Wildman–Crippen MR) is 138 cm³/mol. The summed E-state index contributed by atoms with van der Waals surface area (Å²) in [6, 6.07) is -2.79. The Bertz CT molecular complexity index is 1660. The number of halogens is 5. The molecule has 2 atom stereocenters. The Morgan fingerprint density at radius 3 is 2.72 bits per heavy atom. The van der Waals surface area contributed by atoms with Crippen molar-refractivity contribution in [2.75, 3.05) is 19.6 Å². The lowest BCUT2D eigenvalue weighted by Crippen LogP contribution is -2.58. The van der Waals surface area contributed by atoms with E-state index in [2.05, 4.69) is 30.3 Å². The van der Waals surface area contributed by atoms with Gasteiger partial charge in [-0.05, 0) is 43.8 Å². The predicted octanol–water partition coefficient (Wildman–Crippen LogP) is 4.14. The molecular weight excluding hydrogens is 583 g/mol. The van der Waals surface area contributed by atoms with Crippen molar-refractivity contribution in [2.24, 2.45) is 5.41 Å². The van der Waals surface area contributed by atoms with Gasteiger partial charge in [-0.15, -0.1) is 0 Å². The highest BCUT2D eigenvalue weighted by molar-refractivity contribution is 5.93. The molecule has 234 valence electrons. The van der Waals surface area contributed by atoms with E-state index in [9.17, 15) is 22.8 Å². The average molecular weight is 619 g/mol. The number of hydrogen-bond donors (Lipinski definition) is 2. The zero-order valence-electron chi connectivity index (χ0n) is 27.2. The smallest absolute Gasteiger partial charge is 0.376 e. The van der Waals surface area contributed by atoms with E-state index in [1.54, 1.807) is 0 Å². The van der Waals surface area contributed by atoms with Gasteiger partial charge in [0.2, 0.25) is 0 Å². The summed E-state index contributed by atoms with van der Waals surface area (Å²) in [5, 5.41) is 15.4. The summed E-state index contributed by atoms with van der Waals surface area (Å²) in [5.41, 5.74) is -2.10. The van der Waals surface area contributed by atoms with Crippen LogP contribution in [0.1, 0.15) is 84.5 Å². The molecule has 4 heterocycles. The Kier molecular flexibility index (Phi) is 6.73. The van der Waals surface area contributed by atoms with Crippen LogP contribution in [0.2, 0.25) is 0 Å². The first-order valence-corrected chi connectivity index (χ1v) is 13.3. The van der Waals surface area contributed by atoms with E-state index in [0.29, 0.717) is 12.8 Å². The molecule has 3 aromatic rings. The fourth-order valence-corrected chi connectivity index (χ4v) is 4.29. The second kappa shape index (κ2) is 11.3. The van der Waals surface area contributed by atoms with Gasteiger partial charge in [0.15, 0.2) is 11.3 Å². The van der Waals surface area contributed by atoms with Gasteiger partial charge in [-0.3, -0.25) is 4.79 Å². The summed E-state index contributed by atoms with van der Waals surface area (Å²) in [6.07, 6.45) is -1.65. The lowest BCUT2D eigenvalue weighted by Gasteiger charge is -2.38. The van der Waals surface area contributed by atoms with Gasteiger partial charge in [-0.1, -0.05) is 19.0 Å². The normalized spacial score (nSPS) is 22.6. The van der Waals surface area contributed by atoms with E-state index >= 15 is 8.78 Å². The van der Waals surface area contributed by atoms with E-state index in [1.165, 1.54) is 29.0 Å². The molecule has 0 spiro atoms. The van der Waals surface area contributed by atoms with Crippen LogP contribution in [0.5, 0.6) is 0 Å². The highest BCUT2D eigenvalue weighted by Gasteiger charge is 2.47. The van der Waals surface area contributed by atoms with E-state index in [-0.39, 0.29) is 45.7 Å². The number of rotatable bonds is 11. The topological polar surface area (TPSA) is 140 Å². The molecule has 5 rings (SSSR count). The molecule has 17 heteroatoms. The summed E-state index contributed by atoms with van der Waals surface area (Å²) >= 11 is 0. The van der Waals surface area contributed by atoms with Crippen LogP contribution in [0, 0.1) is 12.3 Å². The van der Waals surface area contributed by atoms with E-state index in [1.807, 2.05) is 0 Å². The van der Waals surface area contributed by atoms with Gasteiger partial charge in [-0.25, -0.2) is 27.7 Å². The molecule has 3 amide bonds. The largest absolute Gasteiger partial charge is 0.393 e. The van der Waals surface area contributed by atoms with Crippen molar-refractivity contribution in [1.82, 2.24) is 40.4 Å². The van der Waals surface area contributed by atoms with Crippen molar-refractivity contribution in [3.63, 3.8) is 0 Å². The van der Waals surface area contributed by atoms with Crippen LogP contribution < -0.4 is 10.6 Å². The van der Waals surface area contributed by atoms with Crippen LogP contribution in [0.4, 0.5) is 26.7 Å². The maximum absolute atomic E-state index is 15.1. The first-order chi connectivity index (χ1) is 21.7. The number of nitrogens with zero attached hydrogens (tertiary/aromatic N) is 6. The minimum Gasteiger partial charge on any atom is -0.376 e. The second-order valence-corrected chi connectivity index (χ2v) is 11.1. The van der Waals surface area contributed by atoms with Gasteiger partial charge in [0.25, 0.3) is 11.8 Å². The monoisotopic (exact) mass is 618 g/mol. The lowest BCUT2D eigenvalue weighted by atomic mass is 9.85. The van der Waals surface area contributed by atoms with Crippen molar-refractivity contribution >= 4 is 17.6 Å². The highest BCUT2D eigenvalue weighted by atomic mass is 19.4. The summed E-state index contributed by atoms with van der Waals surface area (Å²) in [4.78, 5) is 30.5. The van der Waals surface area contributed by atoms with Crippen molar-refractivity contribution in [3.8, 4) is 0 Å². The molecule has 12 nitrogen and oxygen atoms in total. The Morgan fingerprint density at radius 1 is 1.33 bits per heavy atom. The number of aromatic nitrogens is 5.